The number of aryl methyl sites for hydroxylation is 1. The lowest BCUT2D eigenvalue weighted by atomic mass is 10.1. The summed E-state index contributed by atoms with van der Waals surface area (Å²) in [5.41, 5.74) is 0.930. The van der Waals surface area contributed by atoms with E-state index < -0.39 is 5.97 Å². The van der Waals surface area contributed by atoms with Crippen molar-refractivity contribution in [2.75, 3.05) is 0 Å². The molecule has 2 heterocycles. The van der Waals surface area contributed by atoms with E-state index in [0.29, 0.717) is 18.1 Å². The van der Waals surface area contributed by atoms with Gasteiger partial charge in [0.1, 0.15) is 0 Å². The Balaban J connectivity index is 1.97. The van der Waals surface area contributed by atoms with E-state index in [-0.39, 0.29) is 11.6 Å². The number of nitrogens with one attached hydrogen (secondary N) is 1. The molecule has 21 heavy (non-hydrogen) atoms. The van der Waals surface area contributed by atoms with Crippen LogP contribution in [0.25, 0.3) is 11.3 Å². The van der Waals surface area contributed by atoms with Gasteiger partial charge in [-0.2, -0.15) is 0 Å². The van der Waals surface area contributed by atoms with Crippen LogP contribution in [0.5, 0.6) is 5.88 Å². The Morgan fingerprint density at radius 3 is 2.76 bits per heavy atom. The molecule has 0 radical (unpaired) electrons. The number of H-pyrrole nitrogens is 1. The Morgan fingerprint density at radius 2 is 2.10 bits per heavy atom. The normalized spacial score (nSPS) is 10.5. The first-order valence-corrected chi connectivity index (χ1v) is 6.55. The summed E-state index contributed by atoms with van der Waals surface area (Å²) in [5.74, 6) is 0.500. The van der Waals surface area contributed by atoms with Gasteiger partial charge in [-0.05, 0) is 0 Å². The van der Waals surface area contributed by atoms with Gasteiger partial charge in [0.25, 0.3) is 0 Å². The molecule has 0 aliphatic carbocycles. The number of esters is 1. The molecule has 2 aromatic heterocycles. The highest BCUT2D eigenvalue weighted by atomic mass is 16.5. The first-order valence-electron chi connectivity index (χ1n) is 6.55. The van der Waals surface area contributed by atoms with Crippen LogP contribution in [0.3, 0.4) is 0 Å². The Kier molecular flexibility index (Phi) is 3.51. The maximum absolute atomic E-state index is 12.2. The first kappa shape index (κ1) is 13.1. The minimum atomic E-state index is -0.593. The number of hydrogen-bond acceptors (Lipinski definition) is 5. The number of nitrogens with zero attached hydrogens (tertiary/aromatic N) is 2. The molecule has 0 bridgehead atoms. The Hall–Kier alpha value is -2.89. The summed E-state index contributed by atoms with van der Waals surface area (Å²) in [6.45, 7) is 1.91. The number of rotatable bonds is 4. The predicted octanol–water partition coefficient (Wildman–Crippen LogP) is 2.85. The highest BCUT2D eigenvalue weighted by Crippen LogP contribution is 2.26. The van der Waals surface area contributed by atoms with Gasteiger partial charge in [-0.3, -0.25) is 5.10 Å². The monoisotopic (exact) mass is 283 g/mol. The first-order chi connectivity index (χ1) is 10.3. The topological polar surface area (TPSA) is 81.0 Å². The van der Waals surface area contributed by atoms with Gasteiger partial charge in [-0.25, -0.2) is 9.78 Å². The summed E-state index contributed by atoms with van der Waals surface area (Å²) >= 11 is 0. The molecular formula is C15H13N3O3. The van der Waals surface area contributed by atoms with Crippen molar-refractivity contribution in [3.05, 3.63) is 54.2 Å². The highest BCUT2D eigenvalue weighted by Gasteiger charge is 2.23. The molecule has 6 heteroatoms. The second-order valence-corrected chi connectivity index (χ2v) is 4.31. The second kappa shape index (κ2) is 5.62. The lowest BCUT2D eigenvalue weighted by Gasteiger charge is -2.00. The van der Waals surface area contributed by atoms with Crippen molar-refractivity contribution in [3.63, 3.8) is 0 Å². The zero-order valence-corrected chi connectivity index (χ0v) is 11.4. The number of benzene rings is 1. The molecule has 0 spiro atoms. The number of aromatic amines is 1. The molecule has 0 aliphatic heterocycles. The van der Waals surface area contributed by atoms with Gasteiger partial charge < -0.3 is 9.15 Å². The number of hydrogen-bond donors (Lipinski definition) is 1. The minimum absolute atomic E-state index is 0.154. The molecule has 0 aliphatic rings. The zero-order valence-electron chi connectivity index (χ0n) is 11.4. The second-order valence-electron chi connectivity index (χ2n) is 4.31. The number of ether oxygens (including phenoxy) is 1. The number of oxazole rings is 1. The van der Waals surface area contributed by atoms with E-state index in [1.807, 2.05) is 37.3 Å². The summed E-state index contributed by atoms with van der Waals surface area (Å²) in [6, 6.07) is 10.9. The molecule has 3 aromatic rings. The van der Waals surface area contributed by atoms with Crippen LogP contribution in [0.1, 0.15) is 23.3 Å². The molecular weight excluding hydrogens is 270 g/mol. The molecule has 0 unspecified atom stereocenters. The lowest BCUT2D eigenvalue weighted by Crippen LogP contribution is -2.10. The summed E-state index contributed by atoms with van der Waals surface area (Å²) in [4.78, 5) is 16.4. The van der Waals surface area contributed by atoms with Crippen LogP contribution in [0.15, 0.2) is 47.0 Å². The third-order valence-corrected chi connectivity index (χ3v) is 2.88. The van der Waals surface area contributed by atoms with Crippen LogP contribution in [0.2, 0.25) is 0 Å². The van der Waals surface area contributed by atoms with E-state index in [1.54, 1.807) is 12.3 Å². The summed E-state index contributed by atoms with van der Waals surface area (Å²) in [5, 5.41) is 6.36. The van der Waals surface area contributed by atoms with Gasteiger partial charge in [0.15, 0.2) is 17.3 Å². The van der Waals surface area contributed by atoms with Crippen LogP contribution in [-0.4, -0.2) is 21.2 Å². The smallest absolute Gasteiger partial charge is 0.367 e. The fourth-order valence-corrected chi connectivity index (χ4v) is 1.89. The number of aromatic nitrogens is 3. The van der Waals surface area contributed by atoms with E-state index >= 15 is 0 Å². The molecule has 0 amide bonds. The molecule has 106 valence electrons. The molecule has 0 saturated heterocycles. The van der Waals surface area contributed by atoms with Crippen molar-refractivity contribution in [2.45, 2.75) is 13.3 Å². The maximum atomic E-state index is 12.2. The molecule has 3 rings (SSSR count). The van der Waals surface area contributed by atoms with Gasteiger partial charge >= 0.3 is 5.97 Å². The molecule has 0 saturated carbocycles. The van der Waals surface area contributed by atoms with Crippen LogP contribution in [-0.2, 0) is 6.42 Å². The van der Waals surface area contributed by atoms with Crippen LogP contribution in [0.4, 0.5) is 0 Å². The minimum Gasteiger partial charge on any atom is -0.440 e. The van der Waals surface area contributed by atoms with E-state index in [1.165, 1.54) is 0 Å². The SMILES string of the molecule is CCc1nc(C(=O)Oc2cc[nH]n2)c(-c2ccccc2)o1. The number of carbonyl (C=O) groups is 1. The molecule has 0 atom stereocenters. The van der Waals surface area contributed by atoms with Gasteiger partial charge in [-0.1, -0.05) is 37.3 Å². The summed E-state index contributed by atoms with van der Waals surface area (Å²) in [7, 11) is 0. The van der Waals surface area contributed by atoms with Crippen molar-refractivity contribution in [3.8, 4) is 17.2 Å². The standard InChI is InChI=1S/C15H13N3O3/c1-2-11-17-13(15(19)21-12-8-9-16-18-12)14(20-11)10-6-4-3-5-7-10/h3-9H,2H2,1H3,(H,16,18). The fraction of sp³-hybridized carbons (Fsp3) is 0.133. The maximum Gasteiger partial charge on any atom is 0.367 e. The average molecular weight is 283 g/mol. The van der Waals surface area contributed by atoms with E-state index in [2.05, 4.69) is 15.2 Å². The largest absolute Gasteiger partial charge is 0.440 e. The van der Waals surface area contributed by atoms with E-state index in [0.717, 1.165) is 5.56 Å². The molecule has 0 fully saturated rings. The fourth-order valence-electron chi connectivity index (χ4n) is 1.89. The molecule has 1 aromatic carbocycles. The Labute approximate surface area is 120 Å². The Morgan fingerprint density at radius 1 is 1.29 bits per heavy atom. The highest BCUT2D eigenvalue weighted by molar-refractivity contribution is 5.94. The summed E-state index contributed by atoms with van der Waals surface area (Å²) in [6.07, 6.45) is 2.16. The van der Waals surface area contributed by atoms with Gasteiger partial charge in [-0.15, -0.1) is 5.10 Å². The van der Waals surface area contributed by atoms with Crippen molar-refractivity contribution in [1.82, 2.24) is 15.2 Å². The van der Waals surface area contributed by atoms with Gasteiger partial charge in [0.05, 0.1) is 0 Å². The van der Waals surface area contributed by atoms with Crippen LogP contribution < -0.4 is 4.74 Å². The van der Waals surface area contributed by atoms with E-state index in [4.69, 9.17) is 9.15 Å². The van der Waals surface area contributed by atoms with Crippen molar-refractivity contribution in [1.29, 1.82) is 0 Å². The van der Waals surface area contributed by atoms with Crippen molar-refractivity contribution < 1.29 is 13.9 Å². The lowest BCUT2D eigenvalue weighted by molar-refractivity contribution is 0.0722. The third kappa shape index (κ3) is 2.69. The Bertz CT molecular complexity index is 733. The van der Waals surface area contributed by atoms with Gasteiger partial charge in [0, 0.05) is 24.2 Å². The number of carbonyl (C=O) groups excluding carboxylic acids is 1. The van der Waals surface area contributed by atoms with Crippen LogP contribution in [0, 0.1) is 0 Å². The van der Waals surface area contributed by atoms with Gasteiger partial charge in [0.2, 0.25) is 5.88 Å². The quantitative estimate of drug-likeness (QED) is 0.744. The predicted molar refractivity (Wildman–Crippen MR) is 74.9 cm³/mol. The third-order valence-electron chi connectivity index (χ3n) is 2.88. The zero-order chi connectivity index (χ0) is 14.7. The van der Waals surface area contributed by atoms with E-state index in [9.17, 15) is 4.79 Å². The van der Waals surface area contributed by atoms with Crippen LogP contribution >= 0.6 is 0 Å². The average Bonchev–Trinajstić information content (AvgIpc) is 3.17. The van der Waals surface area contributed by atoms with Crippen molar-refractivity contribution in [2.24, 2.45) is 0 Å². The summed E-state index contributed by atoms with van der Waals surface area (Å²) < 4.78 is 10.8. The van der Waals surface area contributed by atoms with Crippen molar-refractivity contribution >= 4 is 5.97 Å². The molecule has 1 N–H and O–H groups in total. The molecule has 6 nitrogen and oxygen atoms in total.